The molecule has 0 aromatic carbocycles. The lowest BCUT2D eigenvalue weighted by Crippen LogP contribution is -2.24. The van der Waals surface area contributed by atoms with Crippen molar-refractivity contribution in [2.75, 3.05) is 6.61 Å². The second-order valence-electron chi connectivity index (χ2n) is 4.35. The SMILES string of the molecule is Cc1nn(CCO)c(C)c1S(=O)(=O)NCc1ccco1. The summed E-state index contributed by atoms with van der Waals surface area (Å²) in [4.78, 5) is 0.150. The number of aliphatic hydroxyl groups excluding tert-OH is 1. The van der Waals surface area contributed by atoms with Gasteiger partial charge in [0.1, 0.15) is 10.7 Å². The van der Waals surface area contributed by atoms with Crippen LogP contribution in [0.3, 0.4) is 0 Å². The van der Waals surface area contributed by atoms with Crippen LogP contribution in [0.5, 0.6) is 0 Å². The largest absolute Gasteiger partial charge is 0.468 e. The number of aryl methyl sites for hydroxylation is 1. The minimum absolute atomic E-state index is 0.0827. The molecule has 0 aliphatic rings. The first-order valence-corrected chi connectivity index (χ1v) is 7.61. The Labute approximate surface area is 117 Å². The molecular formula is C12H17N3O4S. The fourth-order valence-electron chi connectivity index (χ4n) is 2.03. The molecule has 0 radical (unpaired) electrons. The van der Waals surface area contributed by atoms with Crippen LogP contribution in [0.25, 0.3) is 0 Å². The summed E-state index contributed by atoms with van der Waals surface area (Å²) in [6.45, 7) is 3.54. The molecule has 0 aliphatic heterocycles. The van der Waals surface area contributed by atoms with Crippen molar-refractivity contribution in [3.05, 3.63) is 35.5 Å². The smallest absolute Gasteiger partial charge is 0.244 e. The van der Waals surface area contributed by atoms with Gasteiger partial charge in [0.25, 0.3) is 0 Å². The third-order valence-corrected chi connectivity index (χ3v) is 4.56. The number of sulfonamides is 1. The van der Waals surface area contributed by atoms with E-state index < -0.39 is 10.0 Å². The van der Waals surface area contributed by atoms with Crippen molar-refractivity contribution in [2.45, 2.75) is 31.8 Å². The topological polar surface area (TPSA) is 97.4 Å². The molecule has 20 heavy (non-hydrogen) atoms. The van der Waals surface area contributed by atoms with Crippen LogP contribution in [-0.4, -0.2) is 29.9 Å². The van der Waals surface area contributed by atoms with E-state index >= 15 is 0 Å². The van der Waals surface area contributed by atoms with E-state index in [4.69, 9.17) is 9.52 Å². The maximum absolute atomic E-state index is 12.3. The number of nitrogens with one attached hydrogen (secondary N) is 1. The number of aromatic nitrogens is 2. The zero-order valence-corrected chi connectivity index (χ0v) is 12.1. The van der Waals surface area contributed by atoms with Gasteiger partial charge in [-0.1, -0.05) is 0 Å². The van der Waals surface area contributed by atoms with E-state index in [0.717, 1.165) is 0 Å². The van der Waals surface area contributed by atoms with Gasteiger partial charge < -0.3 is 9.52 Å². The Bertz CT molecular complexity index is 674. The molecule has 0 amide bonds. The highest BCUT2D eigenvalue weighted by molar-refractivity contribution is 7.89. The summed E-state index contributed by atoms with van der Waals surface area (Å²) in [7, 11) is -3.67. The van der Waals surface area contributed by atoms with Crippen LogP contribution in [0.4, 0.5) is 0 Å². The molecule has 0 bridgehead atoms. The molecule has 2 aromatic rings. The van der Waals surface area contributed by atoms with E-state index in [2.05, 4.69) is 9.82 Å². The summed E-state index contributed by atoms with van der Waals surface area (Å²) in [5.74, 6) is 0.534. The third kappa shape index (κ3) is 2.92. The minimum atomic E-state index is -3.67. The number of hydrogen-bond donors (Lipinski definition) is 2. The molecule has 0 saturated carbocycles. The van der Waals surface area contributed by atoms with Gasteiger partial charge in [0.05, 0.1) is 37.3 Å². The van der Waals surface area contributed by atoms with Crippen molar-refractivity contribution in [3.63, 3.8) is 0 Å². The Morgan fingerprint density at radius 3 is 2.80 bits per heavy atom. The molecule has 0 unspecified atom stereocenters. The van der Waals surface area contributed by atoms with Crippen LogP contribution < -0.4 is 4.72 Å². The van der Waals surface area contributed by atoms with Crippen molar-refractivity contribution >= 4 is 10.0 Å². The zero-order valence-electron chi connectivity index (χ0n) is 11.3. The summed E-state index contributed by atoms with van der Waals surface area (Å²) >= 11 is 0. The van der Waals surface area contributed by atoms with Crippen molar-refractivity contribution in [1.82, 2.24) is 14.5 Å². The Morgan fingerprint density at radius 2 is 2.20 bits per heavy atom. The maximum atomic E-state index is 12.3. The van der Waals surface area contributed by atoms with Gasteiger partial charge in [-0.2, -0.15) is 5.10 Å². The Hall–Kier alpha value is -1.64. The van der Waals surface area contributed by atoms with Crippen LogP contribution in [0.15, 0.2) is 27.7 Å². The van der Waals surface area contributed by atoms with Gasteiger partial charge in [-0.15, -0.1) is 0 Å². The first-order valence-electron chi connectivity index (χ1n) is 6.12. The lowest BCUT2D eigenvalue weighted by Gasteiger charge is -2.06. The van der Waals surface area contributed by atoms with E-state index in [9.17, 15) is 8.42 Å². The van der Waals surface area contributed by atoms with E-state index in [1.54, 1.807) is 26.0 Å². The standard InChI is InChI=1S/C12H17N3O4S/c1-9-12(10(2)15(14-9)5-6-16)20(17,18)13-8-11-4-3-7-19-11/h3-4,7,13,16H,5-6,8H2,1-2H3. The zero-order chi connectivity index (χ0) is 14.8. The molecule has 8 heteroatoms. The highest BCUT2D eigenvalue weighted by Crippen LogP contribution is 2.19. The van der Waals surface area contributed by atoms with E-state index in [1.807, 2.05) is 0 Å². The Balaban J connectivity index is 2.25. The predicted octanol–water partition coefficient (Wildman–Crippen LogP) is 0.564. The van der Waals surface area contributed by atoms with Crippen molar-refractivity contribution in [1.29, 1.82) is 0 Å². The monoisotopic (exact) mass is 299 g/mol. The molecule has 0 saturated heterocycles. The first-order chi connectivity index (χ1) is 9.45. The van der Waals surface area contributed by atoms with Gasteiger partial charge in [0, 0.05) is 0 Å². The molecule has 110 valence electrons. The van der Waals surface area contributed by atoms with Crippen LogP contribution in [0.1, 0.15) is 17.1 Å². The lowest BCUT2D eigenvalue weighted by atomic mass is 10.4. The Kier molecular flexibility index (Phi) is 4.26. The van der Waals surface area contributed by atoms with E-state index in [1.165, 1.54) is 10.9 Å². The number of rotatable bonds is 6. The molecule has 0 fully saturated rings. The average Bonchev–Trinajstić information content (AvgIpc) is 2.97. The molecule has 2 rings (SSSR count). The van der Waals surface area contributed by atoms with Crippen molar-refractivity contribution in [2.24, 2.45) is 0 Å². The summed E-state index contributed by atoms with van der Waals surface area (Å²) in [6.07, 6.45) is 1.49. The quantitative estimate of drug-likeness (QED) is 0.812. The van der Waals surface area contributed by atoms with Crippen LogP contribution in [0, 0.1) is 13.8 Å². The first kappa shape index (κ1) is 14.8. The normalized spacial score (nSPS) is 11.9. The van der Waals surface area contributed by atoms with Gasteiger partial charge in [0.2, 0.25) is 10.0 Å². The molecule has 2 heterocycles. The van der Waals surface area contributed by atoms with Crippen LogP contribution in [-0.2, 0) is 23.1 Å². The summed E-state index contributed by atoms with van der Waals surface area (Å²) in [5.41, 5.74) is 0.909. The van der Waals surface area contributed by atoms with Crippen molar-refractivity contribution < 1.29 is 17.9 Å². The molecule has 0 atom stereocenters. The Morgan fingerprint density at radius 1 is 1.45 bits per heavy atom. The fraction of sp³-hybridized carbons (Fsp3) is 0.417. The number of hydrogen-bond acceptors (Lipinski definition) is 5. The highest BCUT2D eigenvalue weighted by Gasteiger charge is 2.24. The number of furan rings is 1. The molecule has 7 nitrogen and oxygen atoms in total. The summed E-state index contributed by atoms with van der Waals surface area (Å²) in [6, 6.07) is 3.39. The van der Waals surface area contributed by atoms with Crippen molar-refractivity contribution in [3.8, 4) is 0 Å². The lowest BCUT2D eigenvalue weighted by molar-refractivity contribution is 0.267. The average molecular weight is 299 g/mol. The van der Waals surface area contributed by atoms with Gasteiger partial charge in [0.15, 0.2) is 0 Å². The maximum Gasteiger partial charge on any atom is 0.244 e. The third-order valence-electron chi connectivity index (χ3n) is 2.91. The predicted molar refractivity (Wildman–Crippen MR) is 71.5 cm³/mol. The van der Waals surface area contributed by atoms with Gasteiger partial charge in [-0.25, -0.2) is 13.1 Å². The second-order valence-corrected chi connectivity index (χ2v) is 6.05. The van der Waals surface area contributed by atoms with E-state index in [-0.39, 0.29) is 24.6 Å². The van der Waals surface area contributed by atoms with Crippen LogP contribution in [0.2, 0.25) is 0 Å². The highest BCUT2D eigenvalue weighted by atomic mass is 32.2. The molecule has 0 aliphatic carbocycles. The second kappa shape index (κ2) is 5.78. The van der Waals surface area contributed by atoms with E-state index in [0.29, 0.717) is 17.1 Å². The number of nitrogens with zero attached hydrogens (tertiary/aromatic N) is 2. The molecule has 2 aromatic heterocycles. The van der Waals surface area contributed by atoms with Gasteiger partial charge >= 0.3 is 0 Å². The fourth-order valence-corrected chi connectivity index (χ4v) is 3.43. The molecule has 0 spiro atoms. The summed E-state index contributed by atoms with van der Waals surface area (Å²) < 4.78 is 33.7. The van der Waals surface area contributed by atoms with Gasteiger partial charge in [-0.05, 0) is 26.0 Å². The number of aliphatic hydroxyl groups is 1. The van der Waals surface area contributed by atoms with Gasteiger partial charge in [-0.3, -0.25) is 4.68 Å². The molecular weight excluding hydrogens is 282 g/mol. The summed E-state index contributed by atoms with van der Waals surface area (Å²) in [5, 5.41) is 13.1. The minimum Gasteiger partial charge on any atom is -0.468 e. The molecule has 2 N–H and O–H groups in total. The van der Waals surface area contributed by atoms with Crippen LogP contribution >= 0.6 is 0 Å².